The summed E-state index contributed by atoms with van der Waals surface area (Å²) >= 11 is 0. The van der Waals surface area contributed by atoms with Crippen LogP contribution >= 0.6 is 0 Å². The number of amides is 2. The van der Waals surface area contributed by atoms with E-state index in [4.69, 9.17) is 0 Å². The SMILES string of the molecule is CCN(CC)C(=O)N1CCC[C@H]1c1nc(-c2ccc(F)cc2)n[nH]1. The molecule has 0 radical (unpaired) electrons. The van der Waals surface area contributed by atoms with E-state index in [1.807, 2.05) is 23.6 Å². The van der Waals surface area contributed by atoms with Crippen LogP contribution in [0.2, 0.25) is 0 Å². The minimum atomic E-state index is -0.290. The second-order valence-electron chi connectivity index (χ2n) is 5.86. The molecule has 0 bridgehead atoms. The van der Waals surface area contributed by atoms with E-state index in [1.165, 1.54) is 12.1 Å². The number of halogens is 1. The molecule has 1 atom stereocenters. The largest absolute Gasteiger partial charge is 0.325 e. The van der Waals surface area contributed by atoms with Crippen LogP contribution in [-0.4, -0.2) is 50.6 Å². The Hall–Kier alpha value is -2.44. The van der Waals surface area contributed by atoms with Crippen molar-refractivity contribution < 1.29 is 9.18 Å². The highest BCUT2D eigenvalue weighted by molar-refractivity contribution is 5.75. The smallest absolute Gasteiger partial charge is 0.320 e. The molecule has 1 aromatic heterocycles. The van der Waals surface area contributed by atoms with E-state index in [0.29, 0.717) is 24.7 Å². The fourth-order valence-corrected chi connectivity index (χ4v) is 3.11. The number of nitrogens with one attached hydrogen (secondary N) is 1. The number of urea groups is 1. The van der Waals surface area contributed by atoms with Crippen molar-refractivity contribution in [3.05, 3.63) is 35.9 Å². The lowest BCUT2D eigenvalue weighted by atomic mass is 10.2. The molecule has 2 amide bonds. The highest BCUT2D eigenvalue weighted by Gasteiger charge is 2.34. The van der Waals surface area contributed by atoms with Crippen LogP contribution in [0, 0.1) is 5.82 Å². The van der Waals surface area contributed by atoms with Gasteiger partial charge in [0.15, 0.2) is 5.82 Å². The van der Waals surface area contributed by atoms with Gasteiger partial charge in [0.25, 0.3) is 0 Å². The number of benzene rings is 1. The van der Waals surface area contributed by atoms with Crippen LogP contribution in [0.5, 0.6) is 0 Å². The van der Waals surface area contributed by atoms with E-state index in [1.54, 1.807) is 12.1 Å². The Labute approximate surface area is 140 Å². The summed E-state index contributed by atoms with van der Waals surface area (Å²) in [5.41, 5.74) is 0.749. The molecule has 3 rings (SSSR count). The van der Waals surface area contributed by atoms with E-state index in [2.05, 4.69) is 15.2 Å². The summed E-state index contributed by atoms with van der Waals surface area (Å²) in [5, 5.41) is 7.18. The Bertz CT molecular complexity index is 695. The Balaban J connectivity index is 1.81. The first-order valence-corrected chi connectivity index (χ1v) is 8.37. The van der Waals surface area contributed by atoms with Crippen LogP contribution in [-0.2, 0) is 0 Å². The standard InChI is InChI=1S/C17H22FN5O/c1-3-22(4-2)17(24)23-11-5-6-14(23)16-19-15(20-21-16)12-7-9-13(18)10-8-12/h7-10,14H,3-6,11H2,1-2H3,(H,19,20,21)/t14-/m0/s1. The number of hydrogen-bond acceptors (Lipinski definition) is 3. The molecule has 0 unspecified atom stereocenters. The number of carbonyl (C=O) groups excluding carboxylic acids is 1. The van der Waals surface area contributed by atoms with Crippen molar-refractivity contribution in [1.82, 2.24) is 25.0 Å². The summed E-state index contributed by atoms with van der Waals surface area (Å²) in [4.78, 5) is 20.9. The highest BCUT2D eigenvalue weighted by atomic mass is 19.1. The topological polar surface area (TPSA) is 65.1 Å². The molecular weight excluding hydrogens is 309 g/mol. The van der Waals surface area contributed by atoms with Gasteiger partial charge in [0.05, 0.1) is 6.04 Å². The number of carbonyl (C=O) groups is 1. The summed E-state index contributed by atoms with van der Waals surface area (Å²) in [6.07, 6.45) is 1.81. The third-order valence-electron chi connectivity index (χ3n) is 4.45. The zero-order chi connectivity index (χ0) is 17.1. The van der Waals surface area contributed by atoms with Gasteiger partial charge in [-0.25, -0.2) is 14.2 Å². The number of aromatic amines is 1. The molecule has 2 aromatic rings. The first-order valence-electron chi connectivity index (χ1n) is 8.37. The lowest BCUT2D eigenvalue weighted by Gasteiger charge is -2.29. The van der Waals surface area contributed by atoms with Crippen molar-refractivity contribution in [3.63, 3.8) is 0 Å². The van der Waals surface area contributed by atoms with Gasteiger partial charge < -0.3 is 9.80 Å². The van der Waals surface area contributed by atoms with Crippen LogP contribution in [0.25, 0.3) is 11.4 Å². The molecule has 1 fully saturated rings. The number of H-pyrrole nitrogens is 1. The molecule has 1 saturated heterocycles. The van der Waals surface area contributed by atoms with Gasteiger partial charge in [0.1, 0.15) is 11.6 Å². The maximum Gasteiger partial charge on any atom is 0.320 e. The quantitative estimate of drug-likeness (QED) is 0.935. The van der Waals surface area contributed by atoms with E-state index >= 15 is 0 Å². The van der Waals surface area contributed by atoms with Crippen molar-refractivity contribution in [3.8, 4) is 11.4 Å². The summed E-state index contributed by atoms with van der Waals surface area (Å²) < 4.78 is 13.0. The van der Waals surface area contributed by atoms with E-state index in [9.17, 15) is 9.18 Å². The molecule has 0 saturated carbocycles. The normalized spacial score (nSPS) is 17.3. The van der Waals surface area contributed by atoms with Gasteiger partial charge in [-0.15, -0.1) is 0 Å². The van der Waals surface area contributed by atoms with Gasteiger partial charge in [-0.3, -0.25) is 5.10 Å². The molecule has 0 aliphatic carbocycles. The molecular formula is C17H22FN5O. The molecule has 6 nitrogen and oxygen atoms in total. The van der Waals surface area contributed by atoms with E-state index < -0.39 is 0 Å². The molecule has 24 heavy (non-hydrogen) atoms. The number of rotatable bonds is 4. The number of nitrogens with zero attached hydrogens (tertiary/aromatic N) is 4. The Morgan fingerprint density at radius 2 is 2.04 bits per heavy atom. The third-order valence-corrected chi connectivity index (χ3v) is 4.45. The monoisotopic (exact) mass is 331 g/mol. The summed E-state index contributed by atoms with van der Waals surface area (Å²) in [7, 11) is 0. The fraction of sp³-hybridized carbons (Fsp3) is 0.471. The minimum Gasteiger partial charge on any atom is -0.325 e. The van der Waals surface area contributed by atoms with Crippen LogP contribution in [0.4, 0.5) is 9.18 Å². The van der Waals surface area contributed by atoms with Crippen molar-refractivity contribution in [2.45, 2.75) is 32.7 Å². The summed E-state index contributed by atoms with van der Waals surface area (Å²) in [6, 6.07) is 6.03. The Morgan fingerprint density at radius 1 is 1.33 bits per heavy atom. The molecule has 1 aliphatic rings. The van der Waals surface area contributed by atoms with Crippen LogP contribution in [0.1, 0.15) is 38.6 Å². The van der Waals surface area contributed by atoms with Gasteiger partial charge >= 0.3 is 6.03 Å². The second-order valence-corrected chi connectivity index (χ2v) is 5.86. The molecule has 128 valence electrons. The lowest BCUT2D eigenvalue weighted by molar-refractivity contribution is 0.151. The average Bonchev–Trinajstić information content (AvgIpc) is 3.25. The van der Waals surface area contributed by atoms with E-state index in [-0.39, 0.29) is 17.9 Å². The van der Waals surface area contributed by atoms with Crippen molar-refractivity contribution >= 4 is 6.03 Å². The maximum atomic E-state index is 13.0. The van der Waals surface area contributed by atoms with Gasteiger partial charge in [0.2, 0.25) is 0 Å². The number of aromatic nitrogens is 3. The average molecular weight is 331 g/mol. The molecule has 7 heteroatoms. The predicted octanol–water partition coefficient (Wildman–Crippen LogP) is 3.21. The summed E-state index contributed by atoms with van der Waals surface area (Å²) in [5.74, 6) is 0.917. The Morgan fingerprint density at radius 3 is 2.71 bits per heavy atom. The van der Waals surface area contributed by atoms with E-state index in [0.717, 1.165) is 24.9 Å². The number of likely N-dealkylation sites (tertiary alicyclic amines) is 1. The molecule has 1 N–H and O–H groups in total. The van der Waals surface area contributed by atoms with Crippen molar-refractivity contribution in [2.24, 2.45) is 0 Å². The molecule has 2 heterocycles. The van der Waals surface area contributed by atoms with Gasteiger partial charge in [-0.2, -0.15) is 5.10 Å². The lowest BCUT2D eigenvalue weighted by Crippen LogP contribution is -2.42. The van der Waals surface area contributed by atoms with Gasteiger partial charge in [0, 0.05) is 25.2 Å². The zero-order valence-electron chi connectivity index (χ0n) is 14.0. The Kier molecular flexibility index (Phi) is 4.78. The second kappa shape index (κ2) is 6.98. The molecule has 0 spiro atoms. The maximum absolute atomic E-state index is 13.0. The number of hydrogen-bond donors (Lipinski definition) is 1. The van der Waals surface area contributed by atoms with Crippen molar-refractivity contribution in [2.75, 3.05) is 19.6 Å². The fourth-order valence-electron chi connectivity index (χ4n) is 3.11. The van der Waals surface area contributed by atoms with Gasteiger partial charge in [-0.1, -0.05) is 0 Å². The third kappa shape index (κ3) is 3.11. The zero-order valence-corrected chi connectivity index (χ0v) is 14.0. The van der Waals surface area contributed by atoms with Gasteiger partial charge in [-0.05, 0) is 51.0 Å². The first kappa shape index (κ1) is 16.4. The van der Waals surface area contributed by atoms with Crippen LogP contribution < -0.4 is 0 Å². The minimum absolute atomic E-state index is 0.0437. The first-order chi connectivity index (χ1) is 11.6. The summed E-state index contributed by atoms with van der Waals surface area (Å²) in [6.45, 7) is 6.07. The predicted molar refractivity (Wildman–Crippen MR) is 88.8 cm³/mol. The highest BCUT2D eigenvalue weighted by Crippen LogP contribution is 2.31. The van der Waals surface area contributed by atoms with Crippen molar-refractivity contribution in [1.29, 1.82) is 0 Å². The molecule has 1 aliphatic heterocycles. The van der Waals surface area contributed by atoms with Crippen LogP contribution in [0.3, 0.4) is 0 Å². The molecule has 1 aromatic carbocycles. The van der Waals surface area contributed by atoms with Crippen LogP contribution in [0.15, 0.2) is 24.3 Å².